The summed E-state index contributed by atoms with van der Waals surface area (Å²) >= 11 is 0. The van der Waals surface area contributed by atoms with Crippen LogP contribution in [0.15, 0.2) is 18.2 Å². The third-order valence-corrected chi connectivity index (χ3v) is 4.45. The van der Waals surface area contributed by atoms with E-state index < -0.39 is 23.9 Å². The highest BCUT2D eigenvalue weighted by Gasteiger charge is 2.27. The largest absolute Gasteiger partial charge is 0.495 e. The number of benzene rings is 1. The van der Waals surface area contributed by atoms with Gasteiger partial charge in [0.25, 0.3) is 5.91 Å². The molecule has 2 N–H and O–H groups in total. The number of aromatic amines is 1. The maximum absolute atomic E-state index is 12.6. The molecule has 1 aromatic heterocycles. The van der Waals surface area contributed by atoms with E-state index in [0.717, 1.165) is 5.56 Å². The number of aromatic nitrogens is 1. The molecule has 0 saturated carbocycles. The van der Waals surface area contributed by atoms with Crippen LogP contribution >= 0.6 is 0 Å². The number of hydrogen-bond acceptors (Lipinski definition) is 6. The van der Waals surface area contributed by atoms with Crippen LogP contribution in [0.3, 0.4) is 0 Å². The third kappa shape index (κ3) is 5.20. The normalized spacial score (nSPS) is 11.7. The molecule has 162 valence electrons. The van der Waals surface area contributed by atoms with Crippen LogP contribution in [-0.2, 0) is 14.3 Å². The molecule has 0 unspecified atom stereocenters. The molecule has 0 saturated heterocycles. The first kappa shape index (κ1) is 23.0. The number of esters is 2. The number of nitrogens with one attached hydrogen (secondary N) is 2. The van der Waals surface area contributed by atoms with Crippen molar-refractivity contribution >= 4 is 23.5 Å². The van der Waals surface area contributed by atoms with E-state index >= 15 is 0 Å². The molecule has 0 spiro atoms. The fraction of sp³-hybridized carbons (Fsp3) is 0.409. The zero-order valence-electron chi connectivity index (χ0n) is 18.3. The lowest BCUT2D eigenvalue weighted by Gasteiger charge is -2.15. The molecule has 2 rings (SSSR count). The Balaban J connectivity index is 2.13. The molecule has 30 heavy (non-hydrogen) atoms. The van der Waals surface area contributed by atoms with Crippen molar-refractivity contribution in [3.63, 3.8) is 0 Å². The molecule has 0 aliphatic carbocycles. The lowest BCUT2D eigenvalue weighted by Crippen LogP contribution is -2.30. The summed E-state index contributed by atoms with van der Waals surface area (Å²) in [6.45, 7) is 10.1. The highest BCUT2D eigenvalue weighted by atomic mass is 16.6. The number of rotatable bonds is 7. The Hall–Kier alpha value is -3.29. The molecule has 1 aromatic carbocycles. The van der Waals surface area contributed by atoms with Gasteiger partial charge in [-0.1, -0.05) is 6.07 Å². The Morgan fingerprint density at radius 1 is 1.00 bits per heavy atom. The Morgan fingerprint density at radius 3 is 2.27 bits per heavy atom. The SMILES string of the molecule is COc1ccc(C)cc1NC(=O)[C@H](C)OC(=O)c1[nH]c(C)c(C(=O)OC(C)C)c1C. The van der Waals surface area contributed by atoms with Gasteiger partial charge in [0.05, 0.1) is 24.5 Å². The van der Waals surface area contributed by atoms with Gasteiger partial charge >= 0.3 is 11.9 Å². The van der Waals surface area contributed by atoms with Gasteiger partial charge in [0.15, 0.2) is 6.10 Å². The summed E-state index contributed by atoms with van der Waals surface area (Å²) in [5.41, 5.74) is 2.72. The van der Waals surface area contributed by atoms with Crippen molar-refractivity contribution in [1.82, 2.24) is 4.98 Å². The van der Waals surface area contributed by atoms with Crippen LogP contribution in [0.5, 0.6) is 5.75 Å². The quantitative estimate of drug-likeness (QED) is 0.667. The van der Waals surface area contributed by atoms with E-state index in [0.29, 0.717) is 22.7 Å². The molecule has 0 radical (unpaired) electrons. The van der Waals surface area contributed by atoms with Gasteiger partial charge in [0, 0.05) is 5.69 Å². The van der Waals surface area contributed by atoms with Crippen LogP contribution in [0, 0.1) is 20.8 Å². The highest BCUT2D eigenvalue weighted by molar-refractivity contribution is 6.01. The summed E-state index contributed by atoms with van der Waals surface area (Å²) < 4.78 is 15.8. The summed E-state index contributed by atoms with van der Waals surface area (Å²) in [5, 5.41) is 2.70. The molecule has 0 fully saturated rings. The minimum atomic E-state index is -1.07. The number of anilines is 1. The monoisotopic (exact) mass is 416 g/mol. The maximum Gasteiger partial charge on any atom is 0.355 e. The number of H-pyrrole nitrogens is 1. The van der Waals surface area contributed by atoms with Crippen LogP contribution in [-0.4, -0.2) is 42.1 Å². The van der Waals surface area contributed by atoms with Crippen LogP contribution in [0.4, 0.5) is 5.69 Å². The lowest BCUT2D eigenvalue weighted by atomic mass is 10.1. The number of carbonyl (C=O) groups is 3. The number of hydrogen-bond donors (Lipinski definition) is 2. The van der Waals surface area contributed by atoms with Crippen LogP contribution in [0.2, 0.25) is 0 Å². The van der Waals surface area contributed by atoms with Crippen LogP contribution in [0.1, 0.15) is 58.4 Å². The summed E-state index contributed by atoms with van der Waals surface area (Å²) in [6.07, 6.45) is -1.36. The summed E-state index contributed by atoms with van der Waals surface area (Å²) in [5.74, 6) is -1.27. The smallest absolute Gasteiger partial charge is 0.355 e. The minimum Gasteiger partial charge on any atom is -0.495 e. The second-order valence-corrected chi connectivity index (χ2v) is 7.32. The van der Waals surface area contributed by atoms with Crippen molar-refractivity contribution in [2.24, 2.45) is 0 Å². The second kappa shape index (κ2) is 9.47. The van der Waals surface area contributed by atoms with Gasteiger partial charge in [-0.05, 0) is 64.8 Å². The molecule has 0 bridgehead atoms. The molecule has 1 atom stereocenters. The first-order chi connectivity index (χ1) is 14.0. The van der Waals surface area contributed by atoms with Crippen molar-refractivity contribution in [1.29, 1.82) is 0 Å². The average Bonchev–Trinajstić information content (AvgIpc) is 2.95. The Bertz CT molecular complexity index is 961. The molecule has 0 aliphatic rings. The van der Waals surface area contributed by atoms with Crippen molar-refractivity contribution in [3.05, 3.63) is 46.3 Å². The van der Waals surface area contributed by atoms with E-state index in [4.69, 9.17) is 14.2 Å². The molecule has 1 heterocycles. The third-order valence-electron chi connectivity index (χ3n) is 4.45. The van der Waals surface area contributed by atoms with Gasteiger partial charge in [-0.15, -0.1) is 0 Å². The standard InChI is InChI=1S/C22H28N2O6/c1-11(2)29-21(26)18-13(4)19(23-14(18)5)22(27)30-15(6)20(25)24-16-10-12(3)8-9-17(16)28-7/h8-11,15,23H,1-7H3,(H,24,25)/t15-/m0/s1. The fourth-order valence-corrected chi connectivity index (χ4v) is 2.96. The topological polar surface area (TPSA) is 107 Å². The summed E-state index contributed by atoms with van der Waals surface area (Å²) in [4.78, 5) is 40.3. The van der Waals surface area contributed by atoms with Crippen molar-refractivity contribution in [2.45, 2.75) is 53.8 Å². The van der Waals surface area contributed by atoms with E-state index in [9.17, 15) is 14.4 Å². The molecule has 2 aromatic rings. The van der Waals surface area contributed by atoms with Gasteiger partial charge in [-0.3, -0.25) is 4.79 Å². The van der Waals surface area contributed by atoms with Gasteiger partial charge in [-0.25, -0.2) is 9.59 Å². The van der Waals surface area contributed by atoms with Gasteiger partial charge < -0.3 is 24.5 Å². The summed E-state index contributed by atoms with van der Waals surface area (Å²) in [7, 11) is 1.50. The van der Waals surface area contributed by atoms with Crippen LogP contribution in [0.25, 0.3) is 0 Å². The number of ether oxygens (including phenoxy) is 3. The van der Waals surface area contributed by atoms with Crippen molar-refractivity contribution in [2.75, 3.05) is 12.4 Å². The van der Waals surface area contributed by atoms with Crippen LogP contribution < -0.4 is 10.1 Å². The molecule has 0 aliphatic heterocycles. The van der Waals surface area contributed by atoms with E-state index in [-0.39, 0.29) is 17.4 Å². The highest BCUT2D eigenvalue weighted by Crippen LogP contribution is 2.26. The molecular weight excluding hydrogens is 388 g/mol. The second-order valence-electron chi connectivity index (χ2n) is 7.32. The molecular formula is C22H28N2O6. The molecule has 8 nitrogen and oxygen atoms in total. The Morgan fingerprint density at radius 2 is 1.67 bits per heavy atom. The predicted molar refractivity (Wildman–Crippen MR) is 112 cm³/mol. The zero-order valence-corrected chi connectivity index (χ0v) is 18.3. The maximum atomic E-state index is 12.6. The first-order valence-corrected chi connectivity index (χ1v) is 9.61. The number of aryl methyl sites for hydroxylation is 2. The lowest BCUT2D eigenvalue weighted by molar-refractivity contribution is -0.123. The zero-order chi connectivity index (χ0) is 22.6. The fourth-order valence-electron chi connectivity index (χ4n) is 2.96. The van der Waals surface area contributed by atoms with Crippen molar-refractivity contribution < 1.29 is 28.6 Å². The number of amides is 1. The van der Waals surface area contributed by atoms with Gasteiger partial charge in [-0.2, -0.15) is 0 Å². The number of methoxy groups -OCH3 is 1. The molecule has 1 amide bonds. The van der Waals surface area contributed by atoms with Gasteiger partial charge in [0.2, 0.25) is 0 Å². The first-order valence-electron chi connectivity index (χ1n) is 9.61. The van der Waals surface area contributed by atoms with E-state index in [1.807, 2.05) is 13.0 Å². The van der Waals surface area contributed by atoms with E-state index in [1.54, 1.807) is 39.8 Å². The van der Waals surface area contributed by atoms with E-state index in [1.165, 1.54) is 14.0 Å². The summed E-state index contributed by atoms with van der Waals surface area (Å²) in [6, 6.07) is 5.36. The Labute approximate surface area is 175 Å². The Kier molecular flexibility index (Phi) is 7.26. The van der Waals surface area contributed by atoms with Gasteiger partial charge in [0.1, 0.15) is 11.4 Å². The van der Waals surface area contributed by atoms with E-state index in [2.05, 4.69) is 10.3 Å². The molecule has 8 heteroatoms. The van der Waals surface area contributed by atoms with Crippen molar-refractivity contribution in [3.8, 4) is 5.75 Å². The number of carbonyl (C=O) groups excluding carboxylic acids is 3. The predicted octanol–water partition coefficient (Wildman–Crippen LogP) is 3.70. The minimum absolute atomic E-state index is 0.107. The average molecular weight is 416 g/mol.